The van der Waals surface area contributed by atoms with E-state index < -0.39 is 0 Å². The Bertz CT molecular complexity index is 822. The van der Waals surface area contributed by atoms with Crippen molar-refractivity contribution in [3.63, 3.8) is 0 Å². The van der Waals surface area contributed by atoms with Gasteiger partial charge in [0.25, 0.3) is 0 Å². The molecular formula is C18H14N2. The zero-order valence-corrected chi connectivity index (χ0v) is 11.0. The Morgan fingerprint density at radius 2 is 1.05 bits per heavy atom. The summed E-state index contributed by atoms with van der Waals surface area (Å²) in [6, 6.07) is 27.2. The van der Waals surface area contributed by atoms with Crippen molar-refractivity contribution in [2.75, 3.05) is 5.43 Å². The van der Waals surface area contributed by atoms with E-state index in [0.717, 1.165) is 5.69 Å². The summed E-state index contributed by atoms with van der Waals surface area (Å²) in [5.74, 6) is 0. The molecule has 20 heavy (non-hydrogen) atoms. The number of benzene rings is 3. The first kappa shape index (κ1) is 11.1. The fourth-order valence-electron chi connectivity index (χ4n) is 2.68. The predicted molar refractivity (Wildman–Crippen MR) is 84.9 cm³/mol. The van der Waals surface area contributed by atoms with E-state index in [-0.39, 0.29) is 0 Å². The maximum Gasteiger partial charge on any atom is 0.0709 e. The van der Waals surface area contributed by atoms with Gasteiger partial charge in [0.1, 0.15) is 0 Å². The van der Waals surface area contributed by atoms with Crippen molar-refractivity contribution >= 4 is 27.5 Å². The van der Waals surface area contributed by atoms with Crippen molar-refractivity contribution in [1.29, 1.82) is 0 Å². The monoisotopic (exact) mass is 258 g/mol. The lowest BCUT2D eigenvalue weighted by atomic mass is 10.2. The number of nitrogens with zero attached hydrogens (tertiary/aromatic N) is 1. The van der Waals surface area contributed by atoms with Gasteiger partial charge >= 0.3 is 0 Å². The van der Waals surface area contributed by atoms with Crippen molar-refractivity contribution in [2.45, 2.75) is 0 Å². The Hall–Kier alpha value is -2.74. The lowest BCUT2D eigenvalue weighted by Gasteiger charge is -2.10. The quantitative estimate of drug-likeness (QED) is 0.553. The molecular weight excluding hydrogens is 244 g/mol. The van der Waals surface area contributed by atoms with Gasteiger partial charge in [-0.1, -0.05) is 54.6 Å². The van der Waals surface area contributed by atoms with Crippen molar-refractivity contribution < 1.29 is 0 Å². The second-order valence-corrected chi connectivity index (χ2v) is 4.85. The maximum atomic E-state index is 3.49. The summed E-state index contributed by atoms with van der Waals surface area (Å²) < 4.78 is 2.15. The summed E-state index contributed by atoms with van der Waals surface area (Å²) in [5.41, 5.74) is 6.95. The topological polar surface area (TPSA) is 17.0 Å². The summed E-state index contributed by atoms with van der Waals surface area (Å²) in [6.07, 6.45) is 0. The number of hydrogen-bond donors (Lipinski definition) is 1. The fourth-order valence-corrected chi connectivity index (χ4v) is 2.68. The van der Waals surface area contributed by atoms with Crippen molar-refractivity contribution in [3.8, 4) is 0 Å². The maximum absolute atomic E-state index is 3.49. The third kappa shape index (κ3) is 1.66. The summed E-state index contributed by atoms with van der Waals surface area (Å²) in [5, 5.41) is 2.54. The molecule has 4 rings (SSSR count). The molecule has 4 aromatic rings. The number of anilines is 1. The second-order valence-electron chi connectivity index (χ2n) is 4.85. The van der Waals surface area contributed by atoms with Crippen LogP contribution in [0.1, 0.15) is 0 Å². The number of aromatic nitrogens is 1. The number of rotatable bonds is 2. The molecule has 0 atom stereocenters. The molecule has 0 amide bonds. The van der Waals surface area contributed by atoms with Crippen LogP contribution in [0.5, 0.6) is 0 Å². The lowest BCUT2D eigenvalue weighted by Crippen LogP contribution is -2.07. The van der Waals surface area contributed by atoms with Crippen molar-refractivity contribution in [2.24, 2.45) is 0 Å². The van der Waals surface area contributed by atoms with Gasteiger partial charge in [0, 0.05) is 10.8 Å². The molecule has 1 aromatic heterocycles. The van der Waals surface area contributed by atoms with E-state index in [9.17, 15) is 0 Å². The Morgan fingerprint density at radius 3 is 1.65 bits per heavy atom. The lowest BCUT2D eigenvalue weighted by molar-refractivity contribution is 1.06. The van der Waals surface area contributed by atoms with E-state index in [1.54, 1.807) is 0 Å². The van der Waals surface area contributed by atoms with Crippen LogP contribution in [0.4, 0.5) is 5.69 Å². The molecule has 2 nitrogen and oxygen atoms in total. The van der Waals surface area contributed by atoms with Gasteiger partial charge in [0.05, 0.1) is 16.7 Å². The zero-order chi connectivity index (χ0) is 13.4. The number of para-hydroxylation sites is 3. The average molecular weight is 258 g/mol. The predicted octanol–water partition coefficient (Wildman–Crippen LogP) is 4.67. The molecule has 1 N–H and O–H groups in total. The second kappa shape index (κ2) is 4.42. The smallest absolute Gasteiger partial charge is 0.0709 e. The van der Waals surface area contributed by atoms with Crippen molar-refractivity contribution in [1.82, 2.24) is 4.68 Å². The van der Waals surface area contributed by atoms with E-state index in [1.807, 2.05) is 18.2 Å². The summed E-state index contributed by atoms with van der Waals surface area (Å²) in [4.78, 5) is 0. The highest BCUT2D eigenvalue weighted by atomic mass is 15.4. The fraction of sp³-hybridized carbons (Fsp3) is 0. The van der Waals surface area contributed by atoms with Gasteiger partial charge in [-0.3, -0.25) is 10.1 Å². The van der Waals surface area contributed by atoms with Crippen LogP contribution in [0.3, 0.4) is 0 Å². The number of fused-ring (bicyclic) bond motifs is 3. The molecule has 0 fully saturated rings. The molecule has 0 bridgehead atoms. The van der Waals surface area contributed by atoms with Crippen LogP contribution in [-0.2, 0) is 0 Å². The first-order valence-electron chi connectivity index (χ1n) is 6.74. The summed E-state index contributed by atoms with van der Waals surface area (Å²) in [7, 11) is 0. The van der Waals surface area contributed by atoms with Crippen LogP contribution in [0, 0.1) is 0 Å². The van der Waals surface area contributed by atoms with Gasteiger partial charge in [-0.25, -0.2) is 0 Å². The summed E-state index contributed by atoms with van der Waals surface area (Å²) in [6.45, 7) is 0. The molecule has 0 aliphatic rings. The van der Waals surface area contributed by atoms with E-state index in [0.29, 0.717) is 0 Å². The molecule has 1 heterocycles. The standard InChI is InChI=1S/C18H14N2/c1-2-8-14(9-3-1)19-20-17-12-6-4-10-15(17)16-11-5-7-13-18(16)20/h1-13,19H. The minimum Gasteiger partial charge on any atom is -0.294 e. The van der Waals surface area contributed by atoms with Gasteiger partial charge in [-0.15, -0.1) is 0 Å². The Kier molecular flexibility index (Phi) is 2.46. The molecule has 2 heteroatoms. The van der Waals surface area contributed by atoms with Crippen LogP contribution in [0.2, 0.25) is 0 Å². The van der Waals surface area contributed by atoms with Crippen LogP contribution in [-0.4, -0.2) is 4.68 Å². The Morgan fingerprint density at radius 1 is 0.550 bits per heavy atom. The van der Waals surface area contributed by atoms with Gasteiger partial charge in [0.15, 0.2) is 0 Å². The first-order valence-corrected chi connectivity index (χ1v) is 6.74. The van der Waals surface area contributed by atoms with Crippen LogP contribution in [0.15, 0.2) is 78.9 Å². The van der Waals surface area contributed by atoms with E-state index in [4.69, 9.17) is 0 Å². The Balaban J connectivity index is 2.00. The summed E-state index contributed by atoms with van der Waals surface area (Å²) >= 11 is 0. The minimum atomic E-state index is 1.08. The van der Waals surface area contributed by atoms with E-state index in [1.165, 1.54) is 21.8 Å². The highest BCUT2D eigenvalue weighted by Gasteiger charge is 2.09. The van der Waals surface area contributed by atoms with Gasteiger partial charge in [-0.2, -0.15) is 0 Å². The molecule has 0 aliphatic carbocycles. The largest absolute Gasteiger partial charge is 0.294 e. The molecule has 3 aromatic carbocycles. The van der Waals surface area contributed by atoms with Crippen LogP contribution >= 0.6 is 0 Å². The molecule has 0 aliphatic heterocycles. The molecule has 0 saturated carbocycles. The molecule has 0 spiro atoms. The van der Waals surface area contributed by atoms with Crippen LogP contribution in [0.25, 0.3) is 21.8 Å². The molecule has 0 radical (unpaired) electrons. The first-order chi connectivity index (χ1) is 9.93. The highest BCUT2D eigenvalue weighted by molar-refractivity contribution is 6.08. The van der Waals surface area contributed by atoms with Crippen LogP contribution < -0.4 is 5.43 Å². The third-order valence-corrected chi connectivity index (χ3v) is 3.59. The molecule has 0 saturated heterocycles. The average Bonchev–Trinajstić information content (AvgIpc) is 2.84. The molecule has 0 unspecified atom stereocenters. The van der Waals surface area contributed by atoms with Gasteiger partial charge in [0.2, 0.25) is 0 Å². The van der Waals surface area contributed by atoms with Gasteiger partial charge in [-0.05, 0) is 24.3 Å². The normalized spacial score (nSPS) is 11.0. The van der Waals surface area contributed by atoms with E-state index in [2.05, 4.69) is 70.8 Å². The van der Waals surface area contributed by atoms with E-state index >= 15 is 0 Å². The van der Waals surface area contributed by atoms with Gasteiger partial charge < -0.3 is 0 Å². The minimum absolute atomic E-state index is 1.08. The molecule has 96 valence electrons. The highest BCUT2D eigenvalue weighted by Crippen LogP contribution is 2.28. The SMILES string of the molecule is c1ccc(Nn2c3ccccc3c3ccccc32)cc1. The third-order valence-electron chi connectivity index (χ3n) is 3.59. The number of hydrogen-bond acceptors (Lipinski definition) is 1. The van der Waals surface area contributed by atoms with Crippen molar-refractivity contribution in [3.05, 3.63) is 78.9 Å². The Labute approximate surface area is 117 Å². The number of nitrogens with one attached hydrogen (secondary N) is 1. The zero-order valence-electron chi connectivity index (χ0n) is 11.0.